The van der Waals surface area contributed by atoms with E-state index in [1.54, 1.807) is 24.3 Å². The van der Waals surface area contributed by atoms with E-state index in [0.29, 0.717) is 18.2 Å². The first kappa shape index (κ1) is 23.6. The number of pyridine rings is 1. The summed E-state index contributed by atoms with van der Waals surface area (Å²) < 4.78 is 49.0. The fraction of sp³-hybridized carbons (Fsp3) is 0.300. The number of rotatable bonds is 7. The van der Waals surface area contributed by atoms with Crippen molar-refractivity contribution in [2.45, 2.75) is 25.1 Å². The van der Waals surface area contributed by atoms with Crippen molar-refractivity contribution in [1.29, 1.82) is 5.26 Å². The lowest BCUT2D eigenvalue weighted by Gasteiger charge is -2.21. The molecule has 0 bridgehead atoms. The minimum atomic E-state index is -4.89. The van der Waals surface area contributed by atoms with Crippen LogP contribution < -0.4 is 10.1 Å². The molecule has 0 aliphatic carbocycles. The Morgan fingerprint density at radius 1 is 1.26 bits per heavy atom. The summed E-state index contributed by atoms with van der Waals surface area (Å²) in [4.78, 5) is 27.7. The van der Waals surface area contributed by atoms with E-state index in [0.717, 1.165) is 18.7 Å². The lowest BCUT2D eigenvalue weighted by molar-refractivity contribution is -0.167. The predicted octanol–water partition coefficient (Wildman–Crippen LogP) is 2.46. The van der Waals surface area contributed by atoms with E-state index in [2.05, 4.69) is 4.98 Å². The van der Waals surface area contributed by atoms with Gasteiger partial charge in [-0.05, 0) is 30.7 Å². The highest BCUT2D eigenvalue weighted by Gasteiger charge is 2.41. The fourth-order valence-corrected chi connectivity index (χ4v) is 2.38. The Balaban J connectivity index is 2.01. The zero-order valence-corrected chi connectivity index (χ0v) is 16.5. The van der Waals surface area contributed by atoms with Gasteiger partial charge in [-0.2, -0.15) is 18.4 Å². The molecule has 31 heavy (non-hydrogen) atoms. The smallest absolute Gasteiger partial charge is 0.419 e. The van der Waals surface area contributed by atoms with Crippen LogP contribution in [0, 0.1) is 11.3 Å². The number of anilines is 1. The van der Waals surface area contributed by atoms with Gasteiger partial charge in [-0.1, -0.05) is 12.1 Å². The van der Waals surface area contributed by atoms with E-state index >= 15 is 0 Å². The predicted molar refractivity (Wildman–Crippen MR) is 101 cm³/mol. The quantitative estimate of drug-likeness (QED) is 0.504. The summed E-state index contributed by atoms with van der Waals surface area (Å²) in [5.74, 6) is -1.95. The van der Waals surface area contributed by atoms with Crippen LogP contribution in [-0.2, 0) is 26.9 Å². The van der Waals surface area contributed by atoms with E-state index in [1.165, 1.54) is 13.2 Å². The average molecular weight is 437 g/mol. The van der Waals surface area contributed by atoms with Gasteiger partial charge in [0.15, 0.2) is 5.69 Å². The molecule has 11 heteroatoms. The van der Waals surface area contributed by atoms with Crippen LogP contribution in [0.15, 0.2) is 36.5 Å². The van der Waals surface area contributed by atoms with Crippen LogP contribution in [0.5, 0.6) is 5.75 Å². The third-order valence-electron chi connectivity index (χ3n) is 4.18. The summed E-state index contributed by atoms with van der Waals surface area (Å²) in [5, 5.41) is 20.9. The highest BCUT2D eigenvalue weighted by atomic mass is 19.4. The number of hydrogen-bond acceptors (Lipinski definition) is 7. The highest BCUT2D eigenvalue weighted by Crippen LogP contribution is 2.32. The van der Waals surface area contributed by atoms with Gasteiger partial charge in [0.2, 0.25) is 5.60 Å². The summed E-state index contributed by atoms with van der Waals surface area (Å²) in [7, 11) is 1.52. The summed E-state index contributed by atoms with van der Waals surface area (Å²) >= 11 is 0. The molecule has 1 amide bonds. The number of nitriles is 1. The lowest BCUT2D eigenvalue weighted by Crippen LogP contribution is -2.48. The van der Waals surface area contributed by atoms with Crippen LogP contribution in [-0.4, -0.2) is 41.3 Å². The molecule has 0 radical (unpaired) electrons. The minimum absolute atomic E-state index is 0.148. The molecule has 0 saturated heterocycles. The molecule has 1 unspecified atom stereocenters. The molecule has 0 spiro atoms. The van der Waals surface area contributed by atoms with Crippen molar-refractivity contribution in [2.24, 2.45) is 0 Å². The van der Waals surface area contributed by atoms with Gasteiger partial charge in [0, 0.05) is 6.42 Å². The Bertz CT molecular complexity index is 999. The second kappa shape index (κ2) is 9.44. The van der Waals surface area contributed by atoms with Gasteiger partial charge in [-0.25, -0.2) is 9.78 Å². The molecule has 2 N–H and O–H groups in total. The molecule has 0 aliphatic heterocycles. The molecule has 0 fully saturated rings. The van der Waals surface area contributed by atoms with Crippen molar-refractivity contribution in [3.8, 4) is 11.8 Å². The zero-order valence-electron chi connectivity index (χ0n) is 16.5. The molecule has 8 nitrogen and oxygen atoms in total. The fourth-order valence-electron chi connectivity index (χ4n) is 2.38. The number of nitrogens with one attached hydrogen (secondary N) is 1. The number of methoxy groups -OCH3 is 1. The SMILES string of the molecule is COc1ccc(CCOC(=O)C(C)(O)C(=O)Nc2cnc(C#N)c(C(F)(F)F)c2)cc1. The topological polar surface area (TPSA) is 122 Å². The number of esters is 1. The third-order valence-corrected chi connectivity index (χ3v) is 4.18. The average Bonchev–Trinajstić information content (AvgIpc) is 2.73. The van der Waals surface area contributed by atoms with Gasteiger partial charge in [-0.15, -0.1) is 0 Å². The van der Waals surface area contributed by atoms with Crippen molar-refractivity contribution in [3.63, 3.8) is 0 Å². The molecule has 2 rings (SSSR count). The van der Waals surface area contributed by atoms with E-state index < -0.39 is 40.6 Å². The van der Waals surface area contributed by atoms with Crippen LogP contribution in [0.4, 0.5) is 18.9 Å². The van der Waals surface area contributed by atoms with Crippen LogP contribution >= 0.6 is 0 Å². The van der Waals surface area contributed by atoms with Gasteiger partial charge >= 0.3 is 12.1 Å². The van der Waals surface area contributed by atoms with Gasteiger partial charge in [-0.3, -0.25) is 4.79 Å². The van der Waals surface area contributed by atoms with E-state index in [9.17, 15) is 27.9 Å². The molecular weight excluding hydrogens is 419 g/mol. The van der Waals surface area contributed by atoms with Crippen LogP contribution in [0.1, 0.15) is 23.7 Å². The van der Waals surface area contributed by atoms with Crippen molar-refractivity contribution in [1.82, 2.24) is 4.98 Å². The van der Waals surface area contributed by atoms with Crippen molar-refractivity contribution in [2.75, 3.05) is 19.0 Å². The highest BCUT2D eigenvalue weighted by molar-refractivity contribution is 6.11. The second-order valence-corrected chi connectivity index (χ2v) is 6.49. The summed E-state index contributed by atoms with van der Waals surface area (Å²) in [6.45, 7) is 0.699. The van der Waals surface area contributed by atoms with Crippen LogP contribution in [0.2, 0.25) is 0 Å². The number of aromatic nitrogens is 1. The van der Waals surface area contributed by atoms with Crippen LogP contribution in [0.25, 0.3) is 0 Å². The Morgan fingerprint density at radius 3 is 2.45 bits per heavy atom. The van der Waals surface area contributed by atoms with E-state index in [1.807, 2.05) is 5.32 Å². The first-order valence-corrected chi connectivity index (χ1v) is 8.80. The lowest BCUT2D eigenvalue weighted by atomic mass is 10.1. The summed E-state index contributed by atoms with van der Waals surface area (Å²) in [6, 6.07) is 8.69. The first-order chi connectivity index (χ1) is 14.5. The molecule has 2 aromatic rings. The van der Waals surface area contributed by atoms with Crippen molar-refractivity contribution >= 4 is 17.6 Å². The Labute approximate surface area is 175 Å². The number of halogens is 3. The van der Waals surface area contributed by atoms with Gasteiger partial charge in [0.05, 0.1) is 31.2 Å². The Kier molecular flexibility index (Phi) is 7.20. The third kappa shape index (κ3) is 5.93. The number of carbonyl (C=O) groups is 2. The summed E-state index contributed by atoms with van der Waals surface area (Å²) in [6.07, 6.45) is -3.79. The largest absolute Gasteiger partial charge is 0.497 e. The Hall–Kier alpha value is -3.65. The van der Waals surface area contributed by atoms with Crippen molar-refractivity contribution in [3.05, 3.63) is 53.3 Å². The molecule has 1 aromatic heterocycles. The van der Waals surface area contributed by atoms with E-state index in [-0.39, 0.29) is 6.61 Å². The maximum Gasteiger partial charge on any atom is 0.419 e. The number of ether oxygens (including phenoxy) is 2. The maximum absolute atomic E-state index is 13.0. The first-order valence-electron chi connectivity index (χ1n) is 8.80. The molecule has 1 atom stereocenters. The monoisotopic (exact) mass is 437 g/mol. The van der Waals surface area contributed by atoms with Gasteiger partial charge in [0.1, 0.15) is 11.8 Å². The molecular formula is C20H18F3N3O5. The molecule has 0 saturated carbocycles. The number of amides is 1. The molecule has 164 valence electrons. The Morgan fingerprint density at radius 2 is 1.90 bits per heavy atom. The number of hydrogen-bond donors (Lipinski definition) is 2. The standard InChI is InChI=1S/C20H18F3N3O5/c1-19(29,18(28)31-8-7-12-3-5-14(30-2)6-4-12)17(27)26-13-9-15(20(21,22)23)16(10-24)25-11-13/h3-6,9,11,29H,7-8H2,1-2H3,(H,26,27). The molecule has 1 aromatic carbocycles. The number of benzene rings is 1. The zero-order chi connectivity index (χ0) is 23.2. The van der Waals surface area contributed by atoms with Crippen molar-refractivity contribution < 1.29 is 37.3 Å². The second-order valence-electron chi connectivity index (χ2n) is 6.49. The van der Waals surface area contributed by atoms with Gasteiger partial charge < -0.3 is 19.9 Å². The number of aliphatic hydroxyl groups is 1. The number of carbonyl (C=O) groups excluding carboxylic acids is 2. The molecule has 0 aliphatic rings. The normalized spacial score (nSPS) is 12.9. The van der Waals surface area contributed by atoms with Crippen LogP contribution in [0.3, 0.4) is 0 Å². The minimum Gasteiger partial charge on any atom is -0.497 e. The maximum atomic E-state index is 13.0. The number of alkyl halides is 3. The molecule has 1 heterocycles. The number of nitrogens with zero attached hydrogens (tertiary/aromatic N) is 2. The summed E-state index contributed by atoms with van der Waals surface area (Å²) in [5.41, 5.74) is -4.57. The van der Waals surface area contributed by atoms with E-state index in [4.69, 9.17) is 14.7 Å². The van der Waals surface area contributed by atoms with Gasteiger partial charge in [0.25, 0.3) is 5.91 Å².